The normalized spacial score (nSPS) is 19.4. The van der Waals surface area contributed by atoms with Crippen LogP contribution in [0.1, 0.15) is 29.6 Å². The Morgan fingerprint density at radius 1 is 1.22 bits per heavy atom. The Morgan fingerprint density at radius 3 is 2.70 bits per heavy atom. The van der Waals surface area contributed by atoms with E-state index in [1.54, 1.807) is 12.4 Å². The first-order valence-electron chi connectivity index (χ1n) is 7.70. The minimum absolute atomic E-state index is 0. The molecule has 2 saturated heterocycles. The third-order valence-corrected chi connectivity index (χ3v) is 5.12. The molecule has 0 unspecified atom stereocenters. The number of carbonyl (C=O) groups excluding carboxylic acids is 1. The minimum Gasteiger partial charge on any atom is -0.345 e. The van der Waals surface area contributed by atoms with Crippen LogP contribution in [0.5, 0.6) is 0 Å². The second-order valence-electron chi connectivity index (χ2n) is 6.32. The van der Waals surface area contributed by atoms with E-state index < -0.39 is 0 Å². The maximum absolute atomic E-state index is 12.7. The zero-order chi connectivity index (χ0) is 14.3. The molecule has 0 bridgehead atoms. The van der Waals surface area contributed by atoms with Gasteiger partial charge in [-0.05, 0) is 43.4 Å². The summed E-state index contributed by atoms with van der Waals surface area (Å²) in [4.78, 5) is 22.1. The molecule has 2 aromatic rings. The number of likely N-dealkylation sites (tertiary alicyclic amines) is 1. The molecule has 4 heterocycles. The van der Waals surface area contributed by atoms with E-state index in [0.29, 0.717) is 5.41 Å². The first kappa shape index (κ1) is 18.0. The summed E-state index contributed by atoms with van der Waals surface area (Å²) in [6.45, 7) is 3.98. The summed E-state index contributed by atoms with van der Waals surface area (Å²) < 4.78 is 0. The Kier molecular flexibility index (Phi) is 5.55. The molecule has 126 valence electrons. The summed E-state index contributed by atoms with van der Waals surface area (Å²) in [7, 11) is 0. The number of nitrogens with one attached hydrogen (secondary N) is 2. The molecule has 4 rings (SSSR count). The third kappa shape index (κ3) is 3.18. The summed E-state index contributed by atoms with van der Waals surface area (Å²) in [5, 5.41) is 4.38. The maximum atomic E-state index is 12.7. The van der Waals surface area contributed by atoms with Gasteiger partial charge in [0.15, 0.2) is 0 Å². The molecule has 0 radical (unpaired) electrons. The molecule has 1 amide bonds. The smallest absolute Gasteiger partial charge is 0.256 e. The van der Waals surface area contributed by atoms with Crippen molar-refractivity contribution >= 4 is 41.8 Å². The zero-order valence-corrected chi connectivity index (χ0v) is 14.5. The number of pyridine rings is 1. The molecule has 2 fully saturated rings. The molecule has 7 heteroatoms. The topological polar surface area (TPSA) is 61.0 Å². The molecule has 0 saturated carbocycles. The number of carbonyl (C=O) groups is 1. The quantitative estimate of drug-likeness (QED) is 0.825. The van der Waals surface area contributed by atoms with Gasteiger partial charge < -0.3 is 15.2 Å². The van der Waals surface area contributed by atoms with Crippen LogP contribution >= 0.6 is 24.8 Å². The molecule has 0 aliphatic carbocycles. The number of nitrogens with zero attached hydrogens (tertiary/aromatic N) is 2. The number of aromatic nitrogens is 2. The Labute approximate surface area is 148 Å². The summed E-state index contributed by atoms with van der Waals surface area (Å²) in [5.41, 5.74) is 1.98. The number of rotatable bonds is 1. The average Bonchev–Trinajstić information content (AvgIpc) is 3.15. The number of piperidine rings is 1. The lowest BCUT2D eigenvalue weighted by molar-refractivity contribution is 0.0609. The summed E-state index contributed by atoms with van der Waals surface area (Å²) in [6.07, 6.45) is 7.02. The van der Waals surface area contributed by atoms with Gasteiger partial charge in [0.1, 0.15) is 5.65 Å². The SMILES string of the molecule is Cl.Cl.O=C(c1c[nH]c2ncccc12)N1CCC2(CCNC2)CC1. The highest BCUT2D eigenvalue weighted by molar-refractivity contribution is 6.05. The first-order valence-corrected chi connectivity index (χ1v) is 7.70. The Morgan fingerprint density at radius 2 is 2.00 bits per heavy atom. The van der Waals surface area contributed by atoms with Gasteiger partial charge in [0, 0.05) is 37.4 Å². The van der Waals surface area contributed by atoms with Crippen molar-refractivity contribution in [1.29, 1.82) is 0 Å². The Hall–Kier alpha value is -1.30. The fourth-order valence-corrected chi connectivity index (χ4v) is 3.71. The number of hydrogen-bond donors (Lipinski definition) is 2. The van der Waals surface area contributed by atoms with Crippen molar-refractivity contribution in [2.24, 2.45) is 5.41 Å². The average molecular weight is 357 g/mol. The van der Waals surface area contributed by atoms with Crippen LogP contribution in [0.2, 0.25) is 0 Å². The molecule has 2 aromatic heterocycles. The molecular weight excluding hydrogens is 335 g/mol. The summed E-state index contributed by atoms with van der Waals surface area (Å²) in [6, 6.07) is 3.83. The van der Waals surface area contributed by atoms with Gasteiger partial charge in [0.25, 0.3) is 5.91 Å². The highest BCUT2D eigenvalue weighted by Crippen LogP contribution is 2.37. The lowest BCUT2D eigenvalue weighted by atomic mass is 9.78. The van der Waals surface area contributed by atoms with Crippen molar-refractivity contribution in [3.63, 3.8) is 0 Å². The van der Waals surface area contributed by atoms with Crippen molar-refractivity contribution < 1.29 is 4.79 Å². The van der Waals surface area contributed by atoms with E-state index in [2.05, 4.69) is 15.3 Å². The number of fused-ring (bicyclic) bond motifs is 1. The monoisotopic (exact) mass is 356 g/mol. The molecule has 0 aromatic carbocycles. The maximum Gasteiger partial charge on any atom is 0.256 e. The fraction of sp³-hybridized carbons (Fsp3) is 0.500. The van der Waals surface area contributed by atoms with Gasteiger partial charge in [-0.15, -0.1) is 24.8 Å². The van der Waals surface area contributed by atoms with Gasteiger partial charge in [-0.1, -0.05) is 0 Å². The summed E-state index contributed by atoms with van der Waals surface area (Å²) >= 11 is 0. The molecule has 1 spiro atoms. The van der Waals surface area contributed by atoms with Crippen LogP contribution in [0, 0.1) is 5.41 Å². The van der Waals surface area contributed by atoms with Crippen LogP contribution in [-0.4, -0.2) is 47.0 Å². The van der Waals surface area contributed by atoms with E-state index in [0.717, 1.165) is 55.6 Å². The van der Waals surface area contributed by atoms with Crippen LogP contribution in [0.4, 0.5) is 0 Å². The molecule has 23 heavy (non-hydrogen) atoms. The van der Waals surface area contributed by atoms with Crippen molar-refractivity contribution in [2.75, 3.05) is 26.2 Å². The van der Waals surface area contributed by atoms with Crippen LogP contribution < -0.4 is 5.32 Å². The number of hydrogen-bond acceptors (Lipinski definition) is 3. The van der Waals surface area contributed by atoms with E-state index in [9.17, 15) is 4.79 Å². The first-order chi connectivity index (χ1) is 10.3. The third-order valence-electron chi connectivity index (χ3n) is 5.12. The second-order valence-corrected chi connectivity index (χ2v) is 6.32. The predicted octanol–water partition coefficient (Wildman–Crippen LogP) is 2.62. The number of H-pyrrole nitrogens is 1. The largest absolute Gasteiger partial charge is 0.345 e. The van der Waals surface area contributed by atoms with Gasteiger partial charge in [0.05, 0.1) is 5.56 Å². The van der Waals surface area contributed by atoms with Gasteiger partial charge in [-0.2, -0.15) is 0 Å². The minimum atomic E-state index is 0. The van der Waals surface area contributed by atoms with Crippen molar-refractivity contribution in [3.8, 4) is 0 Å². The van der Waals surface area contributed by atoms with Gasteiger partial charge in [0.2, 0.25) is 0 Å². The van der Waals surface area contributed by atoms with E-state index in [1.807, 2.05) is 17.0 Å². The van der Waals surface area contributed by atoms with Crippen LogP contribution in [0.25, 0.3) is 11.0 Å². The van der Waals surface area contributed by atoms with Crippen LogP contribution in [0.15, 0.2) is 24.5 Å². The van der Waals surface area contributed by atoms with Gasteiger partial charge >= 0.3 is 0 Å². The molecule has 2 N–H and O–H groups in total. The van der Waals surface area contributed by atoms with Crippen molar-refractivity contribution in [3.05, 3.63) is 30.1 Å². The standard InChI is InChI=1S/C16H20N4O.2ClH/c21-15(13-10-19-14-12(13)2-1-6-18-14)20-8-4-16(5-9-20)3-7-17-11-16;;/h1-2,6,10,17H,3-5,7-9,11H2,(H,18,19);2*1H. The van der Waals surface area contributed by atoms with E-state index >= 15 is 0 Å². The highest BCUT2D eigenvalue weighted by Gasteiger charge is 2.38. The number of amides is 1. The molecule has 5 nitrogen and oxygen atoms in total. The Balaban J connectivity index is 0.000000960. The predicted molar refractivity (Wildman–Crippen MR) is 95.6 cm³/mol. The van der Waals surface area contributed by atoms with Gasteiger partial charge in [-0.3, -0.25) is 4.79 Å². The second kappa shape index (κ2) is 7.07. The number of aromatic amines is 1. The van der Waals surface area contributed by atoms with Crippen molar-refractivity contribution in [1.82, 2.24) is 20.2 Å². The van der Waals surface area contributed by atoms with E-state index in [-0.39, 0.29) is 30.7 Å². The Bertz CT molecular complexity index is 672. The van der Waals surface area contributed by atoms with E-state index in [4.69, 9.17) is 0 Å². The van der Waals surface area contributed by atoms with Gasteiger partial charge in [-0.25, -0.2) is 4.98 Å². The zero-order valence-electron chi connectivity index (χ0n) is 12.9. The lowest BCUT2D eigenvalue weighted by Crippen LogP contribution is -2.44. The number of halogens is 2. The molecule has 2 aliphatic heterocycles. The molecule has 0 atom stereocenters. The summed E-state index contributed by atoms with van der Waals surface area (Å²) in [5.74, 6) is 0.134. The molecule has 2 aliphatic rings. The van der Waals surface area contributed by atoms with Crippen molar-refractivity contribution in [2.45, 2.75) is 19.3 Å². The van der Waals surface area contributed by atoms with E-state index in [1.165, 1.54) is 6.42 Å². The molecular formula is C16H22Cl2N4O. The highest BCUT2D eigenvalue weighted by atomic mass is 35.5. The fourth-order valence-electron chi connectivity index (χ4n) is 3.71. The lowest BCUT2D eigenvalue weighted by Gasteiger charge is -2.38. The van der Waals surface area contributed by atoms with Crippen LogP contribution in [-0.2, 0) is 0 Å². The van der Waals surface area contributed by atoms with Crippen LogP contribution in [0.3, 0.4) is 0 Å².